The van der Waals surface area contributed by atoms with E-state index in [2.05, 4.69) is 16.5 Å². The van der Waals surface area contributed by atoms with Gasteiger partial charge in [0.05, 0.1) is 31.2 Å². The van der Waals surface area contributed by atoms with E-state index in [4.69, 9.17) is 14.2 Å². The summed E-state index contributed by atoms with van der Waals surface area (Å²) < 4.78 is 17.1. The summed E-state index contributed by atoms with van der Waals surface area (Å²) in [5.41, 5.74) is 2.04. The Morgan fingerprint density at radius 2 is 1.78 bits per heavy atom. The molecule has 27 heavy (non-hydrogen) atoms. The Labute approximate surface area is 159 Å². The second kappa shape index (κ2) is 9.57. The highest BCUT2D eigenvalue weighted by Crippen LogP contribution is 2.28. The molecule has 0 saturated carbocycles. The molecule has 0 aliphatic rings. The first-order valence-electron chi connectivity index (χ1n) is 9.05. The first-order valence-corrected chi connectivity index (χ1v) is 9.05. The highest BCUT2D eigenvalue weighted by Gasteiger charge is 2.06. The van der Waals surface area contributed by atoms with Crippen molar-refractivity contribution in [3.05, 3.63) is 67.0 Å². The van der Waals surface area contributed by atoms with Crippen LogP contribution < -0.4 is 14.2 Å². The van der Waals surface area contributed by atoms with Gasteiger partial charge in [-0.15, -0.1) is 6.58 Å². The van der Waals surface area contributed by atoms with Gasteiger partial charge in [0, 0.05) is 0 Å². The van der Waals surface area contributed by atoms with Crippen molar-refractivity contribution in [3.63, 3.8) is 0 Å². The van der Waals surface area contributed by atoms with Crippen molar-refractivity contribution < 1.29 is 14.2 Å². The number of rotatable bonds is 10. The first-order chi connectivity index (χ1) is 13.3. The number of unbranched alkanes of at least 4 members (excludes halogenated alkanes) is 1. The Morgan fingerprint density at radius 3 is 2.59 bits per heavy atom. The molecule has 3 aromatic rings. The molecule has 0 N–H and O–H groups in total. The van der Waals surface area contributed by atoms with Crippen molar-refractivity contribution in [3.8, 4) is 17.4 Å². The average molecular weight is 364 g/mol. The molecule has 0 bridgehead atoms. The van der Waals surface area contributed by atoms with Gasteiger partial charge in [-0.1, -0.05) is 24.3 Å². The summed E-state index contributed by atoms with van der Waals surface area (Å²) >= 11 is 0. The molecular formula is C22H24N2O3. The Balaban J connectivity index is 1.45. The Morgan fingerprint density at radius 1 is 0.963 bits per heavy atom. The average Bonchev–Trinajstić information content (AvgIpc) is 2.71. The minimum absolute atomic E-state index is 0.583. The fraction of sp³-hybridized carbons (Fsp3) is 0.273. The fourth-order valence-corrected chi connectivity index (χ4v) is 2.78. The zero-order valence-corrected chi connectivity index (χ0v) is 15.6. The Hall–Kier alpha value is -3.08. The van der Waals surface area contributed by atoms with E-state index < -0.39 is 0 Å². The third kappa shape index (κ3) is 4.97. The summed E-state index contributed by atoms with van der Waals surface area (Å²) in [4.78, 5) is 8.47. The quantitative estimate of drug-likeness (QED) is 0.389. The van der Waals surface area contributed by atoms with Crippen molar-refractivity contribution >= 4 is 10.9 Å². The lowest BCUT2D eigenvalue weighted by Gasteiger charge is -2.12. The van der Waals surface area contributed by atoms with Crippen LogP contribution in [0.25, 0.3) is 10.9 Å². The van der Waals surface area contributed by atoms with Gasteiger partial charge in [-0.2, -0.15) is 0 Å². The molecule has 0 fully saturated rings. The van der Waals surface area contributed by atoms with Gasteiger partial charge in [0.25, 0.3) is 0 Å². The van der Waals surface area contributed by atoms with E-state index in [1.54, 1.807) is 7.11 Å². The number of hydrogen-bond donors (Lipinski definition) is 0. The van der Waals surface area contributed by atoms with Crippen LogP contribution >= 0.6 is 0 Å². The predicted molar refractivity (Wildman–Crippen MR) is 107 cm³/mol. The number of para-hydroxylation sites is 1. The van der Waals surface area contributed by atoms with Crippen LogP contribution in [0.3, 0.4) is 0 Å². The van der Waals surface area contributed by atoms with Crippen molar-refractivity contribution in [2.45, 2.75) is 19.3 Å². The molecule has 0 spiro atoms. The number of benzene rings is 2. The van der Waals surface area contributed by atoms with Crippen LogP contribution in [-0.2, 0) is 6.42 Å². The Kier molecular flexibility index (Phi) is 6.63. The summed E-state index contributed by atoms with van der Waals surface area (Å²) in [5.74, 6) is 2.13. The van der Waals surface area contributed by atoms with E-state index in [0.717, 1.165) is 47.2 Å². The second-order valence-electron chi connectivity index (χ2n) is 6.08. The topological polar surface area (TPSA) is 53.5 Å². The summed E-state index contributed by atoms with van der Waals surface area (Å²) in [6.45, 7) is 4.94. The van der Waals surface area contributed by atoms with Gasteiger partial charge in [-0.3, -0.25) is 0 Å². The molecule has 0 unspecified atom stereocenters. The van der Waals surface area contributed by atoms with Crippen LogP contribution in [-0.4, -0.2) is 30.3 Å². The number of hydrogen-bond acceptors (Lipinski definition) is 5. The number of ether oxygens (including phenoxy) is 3. The summed E-state index contributed by atoms with van der Waals surface area (Å²) in [6, 6.07) is 13.8. The fourth-order valence-electron chi connectivity index (χ4n) is 2.78. The van der Waals surface area contributed by atoms with Gasteiger partial charge >= 0.3 is 0 Å². The van der Waals surface area contributed by atoms with Crippen molar-refractivity contribution in [2.75, 3.05) is 20.3 Å². The normalized spacial score (nSPS) is 10.6. The van der Waals surface area contributed by atoms with E-state index in [0.29, 0.717) is 19.1 Å². The van der Waals surface area contributed by atoms with Gasteiger partial charge in [-0.05, 0) is 49.1 Å². The van der Waals surface area contributed by atoms with Gasteiger partial charge in [0.15, 0.2) is 11.5 Å². The summed E-state index contributed by atoms with van der Waals surface area (Å²) in [6.07, 6.45) is 5.96. The van der Waals surface area contributed by atoms with Gasteiger partial charge in [-0.25, -0.2) is 9.97 Å². The molecule has 5 heteroatoms. The molecule has 0 atom stereocenters. The molecule has 0 aliphatic heterocycles. The molecule has 5 nitrogen and oxygen atoms in total. The van der Waals surface area contributed by atoms with Gasteiger partial charge in [0.1, 0.15) is 6.33 Å². The van der Waals surface area contributed by atoms with Crippen LogP contribution in [0.15, 0.2) is 61.4 Å². The molecule has 0 radical (unpaired) electrons. The van der Waals surface area contributed by atoms with Gasteiger partial charge in [0.2, 0.25) is 5.88 Å². The van der Waals surface area contributed by atoms with E-state index >= 15 is 0 Å². The first kappa shape index (κ1) is 18.7. The molecule has 3 rings (SSSR count). The maximum atomic E-state index is 5.85. The predicted octanol–water partition coefficient (Wildman–Crippen LogP) is 4.60. The highest BCUT2D eigenvalue weighted by atomic mass is 16.5. The lowest BCUT2D eigenvalue weighted by atomic mass is 10.1. The zero-order valence-electron chi connectivity index (χ0n) is 15.6. The van der Waals surface area contributed by atoms with Crippen LogP contribution in [0.1, 0.15) is 18.4 Å². The van der Waals surface area contributed by atoms with Gasteiger partial charge < -0.3 is 14.2 Å². The molecule has 1 heterocycles. The Bertz CT molecular complexity index is 890. The number of nitrogens with zero attached hydrogens (tertiary/aromatic N) is 2. The number of fused-ring (bicyclic) bond motifs is 1. The molecular weight excluding hydrogens is 340 g/mol. The molecule has 1 aromatic heterocycles. The third-order valence-electron chi connectivity index (χ3n) is 4.15. The minimum atomic E-state index is 0.583. The largest absolute Gasteiger partial charge is 0.493 e. The SMILES string of the molecule is C=CCc1ccc(OCCCCOc2ncnc3ccccc23)c(OC)c1. The maximum absolute atomic E-state index is 5.85. The maximum Gasteiger partial charge on any atom is 0.224 e. The lowest BCUT2D eigenvalue weighted by Crippen LogP contribution is -2.04. The van der Waals surface area contributed by atoms with Crippen molar-refractivity contribution in [1.82, 2.24) is 9.97 Å². The van der Waals surface area contributed by atoms with E-state index in [-0.39, 0.29) is 0 Å². The lowest BCUT2D eigenvalue weighted by molar-refractivity contribution is 0.255. The standard InChI is InChI=1S/C22H24N2O3/c1-3-8-17-11-12-20(21(15-17)25-2)26-13-6-7-14-27-22-18-9-4-5-10-19(18)23-16-24-22/h3-5,9-12,15-16H,1,6-8,13-14H2,2H3. The smallest absolute Gasteiger partial charge is 0.224 e. The van der Waals surface area contributed by atoms with E-state index in [1.807, 2.05) is 48.5 Å². The number of methoxy groups -OCH3 is 1. The number of aromatic nitrogens is 2. The second-order valence-corrected chi connectivity index (χ2v) is 6.08. The number of allylic oxidation sites excluding steroid dienone is 1. The van der Waals surface area contributed by atoms with Crippen molar-refractivity contribution in [2.24, 2.45) is 0 Å². The summed E-state index contributed by atoms with van der Waals surface area (Å²) in [5, 5.41) is 0.931. The van der Waals surface area contributed by atoms with Crippen LogP contribution in [0.2, 0.25) is 0 Å². The van der Waals surface area contributed by atoms with Crippen molar-refractivity contribution in [1.29, 1.82) is 0 Å². The summed E-state index contributed by atoms with van der Waals surface area (Å²) in [7, 11) is 1.65. The van der Waals surface area contributed by atoms with E-state index in [1.165, 1.54) is 6.33 Å². The third-order valence-corrected chi connectivity index (χ3v) is 4.15. The molecule has 0 saturated heterocycles. The van der Waals surface area contributed by atoms with Crippen LogP contribution in [0, 0.1) is 0 Å². The molecule has 0 aliphatic carbocycles. The van der Waals surface area contributed by atoms with E-state index in [9.17, 15) is 0 Å². The monoisotopic (exact) mass is 364 g/mol. The zero-order chi connectivity index (χ0) is 18.9. The van der Waals surface area contributed by atoms with Crippen LogP contribution in [0.4, 0.5) is 0 Å². The molecule has 140 valence electrons. The minimum Gasteiger partial charge on any atom is -0.493 e. The molecule has 2 aromatic carbocycles. The highest BCUT2D eigenvalue weighted by molar-refractivity contribution is 5.82. The van der Waals surface area contributed by atoms with Crippen LogP contribution in [0.5, 0.6) is 17.4 Å². The molecule has 0 amide bonds.